The number of hydrogen-bond donors (Lipinski definition) is 1. The van der Waals surface area contributed by atoms with Gasteiger partial charge in [0.1, 0.15) is 5.76 Å². The number of nitrogens with one attached hydrogen (secondary N) is 1. The van der Waals surface area contributed by atoms with Crippen LogP contribution in [-0.4, -0.2) is 11.5 Å². The van der Waals surface area contributed by atoms with E-state index >= 15 is 0 Å². The SMILES string of the molecule is C=C(NCC(C)C)OC(=C)C(=C)c1cc(-c2ccccc2)c2c(ccc3ccccc32)n1. The Hall–Kier alpha value is -3.85. The fourth-order valence-electron chi connectivity index (χ4n) is 3.71. The Labute approximate surface area is 189 Å². The molecule has 0 radical (unpaired) electrons. The highest BCUT2D eigenvalue weighted by Gasteiger charge is 2.15. The monoisotopic (exact) mass is 420 g/mol. The number of pyridine rings is 1. The number of allylic oxidation sites excluding steroid dienone is 1. The van der Waals surface area contributed by atoms with Crippen molar-refractivity contribution in [2.45, 2.75) is 13.8 Å². The number of rotatable bonds is 8. The second kappa shape index (κ2) is 9.11. The van der Waals surface area contributed by atoms with Gasteiger partial charge in [0, 0.05) is 17.5 Å². The predicted molar refractivity (Wildman–Crippen MR) is 136 cm³/mol. The molecule has 0 spiro atoms. The summed E-state index contributed by atoms with van der Waals surface area (Å²) in [5, 5.41) is 6.65. The zero-order chi connectivity index (χ0) is 22.7. The minimum Gasteiger partial charge on any atom is -0.442 e. The van der Waals surface area contributed by atoms with Crippen molar-refractivity contribution in [2.24, 2.45) is 5.92 Å². The van der Waals surface area contributed by atoms with E-state index in [0.29, 0.717) is 23.1 Å². The van der Waals surface area contributed by atoms with Crippen LogP contribution in [0, 0.1) is 5.92 Å². The molecule has 1 aromatic heterocycles. The first-order chi connectivity index (χ1) is 15.4. The van der Waals surface area contributed by atoms with Crippen LogP contribution in [0.2, 0.25) is 0 Å². The molecule has 0 fully saturated rings. The van der Waals surface area contributed by atoms with Crippen molar-refractivity contribution in [1.82, 2.24) is 10.3 Å². The van der Waals surface area contributed by atoms with Gasteiger partial charge in [-0.05, 0) is 46.5 Å². The van der Waals surface area contributed by atoms with Crippen LogP contribution in [0.1, 0.15) is 19.5 Å². The standard InChI is InChI=1S/C29H28N2O/c1-19(2)18-30-22(5)32-21(4)20(3)28-17-26(23-11-7-6-8-12-23)29-25-14-10-9-13-24(25)15-16-27(29)31-28/h6-17,19,30H,3-5,18H2,1-2H3. The van der Waals surface area contributed by atoms with Gasteiger partial charge in [-0.2, -0.15) is 0 Å². The van der Waals surface area contributed by atoms with Crippen LogP contribution in [0.25, 0.3) is 38.4 Å². The maximum Gasteiger partial charge on any atom is 0.186 e. The van der Waals surface area contributed by atoms with Crippen molar-refractivity contribution in [3.05, 3.63) is 110 Å². The molecule has 160 valence electrons. The largest absolute Gasteiger partial charge is 0.442 e. The number of benzene rings is 3. The molecular formula is C29H28N2O. The quantitative estimate of drug-likeness (QED) is 0.184. The molecule has 0 atom stereocenters. The Morgan fingerprint density at radius 1 is 0.938 bits per heavy atom. The fourth-order valence-corrected chi connectivity index (χ4v) is 3.71. The molecule has 0 aliphatic heterocycles. The molecule has 3 aromatic carbocycles. The molecule has 3 nitrogen and oxygen atoms in total. The van der Waals surface area contributed by atoms with Gasteiger partial charge >= 0.3 is 0 Å². The Morgan fingerprint density at radius 3 is 2.41 bits per heavy atom. The van der Waals surface area contributed by atoms with Crippen LogP contribution >= 0.6 is 0 Å². The van der Waals surface area contributed by atoms with E-state index in [-0.39, 0.29) is 0 Å². The summed E-state index contributed by atoms with van der Waals surface area (Å²) >= 11 is 0. The van der Waals surface area contributed by atoms with Gasteiger partial charge < -0.3 is 10.1 Å². The minimum absolute atomic E-state index is 0.429. The van der Waals surface area contributed by atoms with Crippen LogP contribution in [0.15, 0.2) is 104 Å². The van der Waals surface area contributed by atoms with Gasteiger partial charge in [0.05, 0.1) is 11.2 Å². The first-order valence-corrected chi connectivity index (χ1v) is 10.8. The molecule has 0 unspecified atom stereocenters. The molecule has 0 aliphatic carbocycles. The lowest BCUT2D eigenvalue weighted by Gasteiger charge is -2.17. The highest BCUT2D eigenvalue weighted by atomic mass is 16.5. The third kappa shape index (κ3) is 4.42. The van der Waals surface area contributed by atoms with E-state index in [1.165, 1.54) is 10.8 Å². The van der Waals surface area contributed by atoms with Gasteiger partial charge in [0.15, 0.2) is 5.88 Å². The third-order valence-corrected chi connectivity index (χ3v) is 5.38. The number of nitrogens with zero attached hydrogens (tertiary/aromatic N) is 1. The number of fused-ring (bicyclic) bond motifs is 3. The van der Waals surface area contributed by atoms with Crippen LogP contribution in [0.3, 0.4) is 0 Å². The maximum atomic E-state index is 5.81. The molecule has 32 heavy (non-hydrogen) atoms. The molecule has 0 amide bonds. The predicted octanol–water partition coefficient (Wildman–Crippen LogP) is 7.32. The number of hydrogen-bond acceptors (Lipinski definition) is 3. The van der Waals surface area contributed by atoms with Crippen molar-refractivity contribution >= 4 is 27.2 Å². The normalized spacial score (nSPS) is 11.0. The molecule has 0 saturated heterocycles. The number of ether oxygens (including phenoxy) is 1. The highest BCUT2D eigenvalue weighted by Crippen LogP contribution is 2.36. The van der Waals surface area contributed by atoms with Gasteiger partial charge in [0.25, 0.3) is 0 Å². The minimum atomic E-state index is 0.429. The Morgan fingerprint density at radius 2 is 1.66 bits per heavy atom. The summed E-state index contributed by atoms with van der Waals surface area (Å²) in [5.74, 6) is 1.37. The summed E-state index contributed by atoms with van der Waals surface area (Å²) in [6.45, 7) is 17.3. The first kappa shape index (κ1) is 21.4. The fraction of sp³-hybridized carbons (Fsp3) is 0.138. The molecule has 0 aliphatic rings. The average Bonchev–Trinajstić information content (AvgIpc) is 2.81. The topological polar surface area (TPSA) is 34.1 Å². The Kier molecular flexibility index (Phi) is 6.09. The maximum absolute atomic E-state index is 5.81. The average molecular weight is 421 g/mol. The van der Waals surface area contributed by atoms with Gasteiger partial charge in [-0.3, -0.25) is 0 Å². The Balaban J connectivity index is 1.78. The van der Waals surface area contributed by atoms with Crippen LogP contribution in [0.4, 0.5) is 0 Å². The van der Waals surface area contributed by atoms with Crippen LogP contribution in [-0.2, 0) is 4.74 Å². The van der Waals surface area contributed by atoms with Gasteiger partial charge in [-0.25, -0.2) is 4.98 Å². The summed E-state index contributed by atoms with van der Waals surface area (Å²) in [5.41, 5.74) is 4.50. The molecule has 1 N–H and O–H groups in total. The van der Waals surface area contributed by atoms with Crippen molar-refractivity contribution in [3.8, 4) is 11.1 Å². The van der Waals surface area contributed by atoms with E-state index in [4.69, 9.17) is 9.72 Å². The molecule has 4 aromatic rings. The summed E-state index contributed by atoms with van der Waals surface area (Å²) in [7, 11) is 0. The summed E-state index contributed by atoms with van der Waals surface area (Å²) in [6, 6.07) is 25.0. The van der Waals surface area contributed by atoms with Crippen LogP contribution in [0.5, 0.6) is 0 Å². The summed E-state index contributed by atoms with van der Waals surface area (Å²) in [6.07, 6.45) is 0. The highest BCUT2D eigenvalue weighted by molar-refractivity contribution is 6.13. The number of aromatic nitrogens is 1. The van der Waals surface area contributed by atoms with Crippen LogP contribution < -0.4 is 5.32 Å². The molecular weight excluding hydrogens is 392 g/mol. The molecule has 3 heteroatoms. The van der Waals surface area contributed by atoms with Crippen molar-refractivity contribution in [1.29, 1.82) is 0 Å². The molecule has 1 heterocycles. The van der Waals surface area contributed by atoms with E-state index in [9.17, 15) is 0 Å². The third-order valence-electron chi connectivity index (χ3n) is 5.38. The van der Waals surface area contributed by atoms with Crippen molar-refractivity contribution in [3.63, 3.8) is 0 Å². The van der Waals surface area contributed by atoms with E-state index in [1.807, 2.05) is 18.2 Å². The summed E-state index contributed by atoms with van der Waals surface area (Å²) in [4.78, 5) is 4.92. The van der Waals surface area contributed by atoms with Gasteiger partial charge in [-0.15, -0.1) is 0 Å². The smallest absolute Gasteiger partial charge is 0.186 e. The molecule has 0 bridgehead atoms. The lowest BCUT2D eigenvalue weighted by Crippen LogP contribution is -2.20. The molecule has 0 saturated carbocycles. The van der Waals surface area contributed by atoms with E-state index < -0.39 is 0 Å². The van der Waals surface area contributed by atoms with Gasteiger partial charge in [-0.1, -0.05) is 87.7 Å². The van der Waals surface area contributed by atoms with Crippen molar-refractivity contribution in [2.75, 3.05) is 6.54 Å². The lowest BCUT2D eigenvalue weighted by molar-refractivity contribution is 0.289. The summed E-state index contributed by atoms with van der Waals surface area (Å²) < 4.78 is 5.81. The second-order valence-electron chi connectivity index (χ2n) is 8.30. The zero-order valence-electron chi connectivity index (χ0n) is 18.7. The lowest BCUT2D eigenvalue weighted by atomic mass is 9.94. The molecule has 4 rings (SSSR count). The first-order valence-electron chi connectivity index (χ1n) is 10.8. The zero-order valence-corrected chi connectivity index (χ0v) is 18.7. The van der Waals surface area contributed by atoms with E-state index in [2.05, 4.69) is 93.5 Å². The van der Waals surface area contributed by atoms with E-state index in [0.717, 1.165) is 34.3 Å². The van der Waals surface area contributed by atoms with Crippen molar-refractivity contribution < 1.29 is 4.74 Å². The Bertz CT molecular complexity index is 1320. The van der Waals surface area contributed by atoms with E-state index in [1.54, 1.807) is 0 Å². The van der Waals surface area contributed by atoms with Gasteiger partial charge in [0.2, 0.25) is 0 Å². The second-order valence-corrected chi connectivity index (χ2v) is 8.30.